The summed E-state index contributed by atoms with van der Waals surface area (Å²) in [6.45, 7) is 0.682. The third kappa shape index (κ3) is 4.46. The van der Waals surface area contributed by atoms with E-state index in [9.17, 15) is 27.9 Å². The van der Waals surface area contributed by atoms with Gasteiger partial charge in [0.05, 0.1) is 24.0 Å². The molecule has 0 spiro atoms. The molecule has 1 aliphatic rings. The van der Waals surface area contributed by atoms with Gasteiger partial charge in [0.25, 0.3) is 0 Å². The van der Waals surface area contributed by atoms with Gasteiger partial charge in [-0.2, -0.15) is 18.4 Å². The van der Waals surface area contributed by atoms with Crippen molar-refractivity contribution in [3.8, 4) is 6.07 Å². The first-order chi connectivity index (χ1) is 13.1. The van der Waals surface area contributed by atoms with Crippen molar-refractivity contribution in [1.29, 1.82) is 5.26 Å². The summed E-state index contributed by atoms with van der Waals surface area (Å²) in [4.78, 5) is 24.2. The van der Waals surface area contributed by atoms with Crippen LogP contribution in [0.5, 0.6) is 0 Å². The number of nitriles is 1. The largest absolute Gasteiger partial charge is 0.545 e. The molecule has 148 valence electrons. The summed E-state index contributed by atoms with van der Waals surface area (Å²) in [7, 11) is 0. The highest BCUT2D eigenvalue weighted by Crippen LogP contribution is 2.43. The standard InChI is InChI=1S/C18H14ClF3N2O4/c1-9-12(16(25)26)13(10-4-2-5-11(19)8-10)14(15(24-9)18(20,21)22)17(27)28-7-3-6-23/h2,4-5,8,13,24H,3,7H2,1H3,(H,25,26)/p-1. The molecule has 0 aliphatic carbocycles. The molecule has 28 heavy (non-hydrogen) atoms. The van der Waals surface area contributed by atoms with Crippen molar-refractivity contribution in [1.82, 2.24) is 5.32 Å². The number of nitrogens with zero attached hydrogens (tertiary/aromatic N) is 1. The minimum atomic E-state index is -5.00. The molecule has 0 saturated heterocycles. The maximum absolute atomic E-state index is 13.6. The van der Waals surface area contributed by atoms with E-state index in [1.807, 2.05) is 5.32 Å². The van der Waals surface area contributed by atoms with Crippen LogP contribution in [0.2, 0.25) is 5.02 Å². The molecule has 1 N–H and O–H groups in total. The number of hydrogen-bond acceptors (Lipinski definition) is 6. The molecule has 1 aromatic rings. The molecule has 1 atom stereocenters. The zero-order valence-electron chi connectivity index (χ0n) is 14.4. The molecule has 1 aromatic carbocycles. The van der Waals surface area contributed by atoms with Gasteiger partial charge in [-0.15, -0.1) is 0 Å². The van der Waals surface area contributed by atoms with Crippen molar-refractivity contribution in [3.63, 3.8) is 0 Å². The number of aliphatic carboxylic acids is 1. The minimum absolute atomic E-state index is 0.0431. The van der Waals surface area contributed by atoms with Gasteiger partial charge in [-0.3, -0.25) is 0 Å². The summed E-state index contributed by atoms with van der Waals surface area (Å²) >= 11 is 5.90. The van der Waals surface area contributed by atoms with Crippen molar-refractivity contribution < 1.29 is 32.6 Å². The van der Waals surface area contributed by atoms with Crippen molar-refractivity contribution >= 4 is 23.5 Å². The van der Waals surface area contributed by atoms with Crippen LogP contribution in [0.15, 0.2) is 46.8 Å². The van der Waals surface area contributed by atoms with Crippen LogP contribution < -0.4 is 10.4 Å². The molecule has 2 rings (SSSR count). The average Bonchev–Trinajstić information content (AvgIpc) is 2.59. The lowest BCUT2D eigenvalue weighted by Gasteiger charge is -2.33. The molecule has 1 heterocycles. The van der Waals surface area contributed by atoms with Gasteiger partial charge < -0.3 is 20.0 Å². The van der Waals surface area contributed by atoms with Gasteiger partial charge in [0.2, 0.25) is 0 Å². The lowest BCUT2D eigenvalue weighted by molar-refractivity contribution is -0.299. The molecule has 1 aliphatic heterocycles. The molecular formula is C18H13ClF3N2O4-. The number of ether oxygens (including phenoxy) is 1. The van der Waals surface area contributed by atoms with Crippen LogP contribution in [-0.4, -0.2) is 24.7 Å². The number of alkyl halides is 3. The monoisotopic (exact) mass is 413 g/mol. The normalized spacial score (nSPS) is 17.1. The average molecular weight is 414 g/mol. The number of allylic oxidation sites excluding steroid dienone is 2. The molecule has 0 radical (unpaired) electrons. The smallest absolute Gasteiger partial charge is 0.431 e. The second-order valence-corrected chi connectivity index (χ2v) is 6.21. The number of carboxylic acids is 1. The van der Waals surface area contributed by atoms with Gasteiger partial charge in [-0.05, 0) is 24.6 Å². The second kappa shape index (κ2) is 8.35. The van der Waals surface area contributed by atoms with Crippen LogP contribution in [0.4, 0.5) is 13.2 Å². The Kier molecular flexibility index (Phi) is 6.36. The SMILES string of the molecule is CC1=C(C(=O)[O-])C(c2cccc(Cl)c2)C(C(=O)OCCC#N)=C(C(F)(F)F)N1. The zero-order valence-corrected chi connectivity index (χ0v) is 15.1. The maximum atomic E-state index is 13.6. The Bertz CT molecular complexity index is 916. The number of benzene rings is 1. The topological polar surface area (TPSA) is 102 Å². The van der Waals surface area contributed by atoms with Crippen LogP contribution >= 0.6 is 11.6 Å². The van der Waals surface area contributed by atoms with Gasteiger partial charge in [0, 0.05) is 22.2 Å². The summed E-state index contributed by atoms with van der Waals surface area (Å²) in [6, 6.07) is 7.14. The van der Waals surface area contributed by atoms with E-state index in [1.54, 1.807) is 6.07 Å². The Morgan fingerprint density at radius 2 is 2.04 bits per heavy atom. The van der Waals surface area contributed by atoms with E-state index in [0.717, 1.165) is 6.92 Å². The zero-order chi connectivity index (χ0) is 21.1. The van der Waals surface area contributed by atoms with E-state index in [1.165, 1.54) is 24.3 Å². The van der Waals surface area contributed by atoms with E-state index < -0.39 is 47.5 Å². The summed E-state index contributed by atoms with van der Waals surface area (Å²) in [5, 5.41) is 22.3. The van der Waals surface area contributed by atoms with Crippen molar-refractivity contribution in [3.05, 3.63) is 57.4 Å². The number of carbonyl (C=O) groups excluding carboxylic acids is 2. The predicted molar refractivity (Wildman–Crippen MR) is 89.3 cm³/mol. The number of hydrogen-bond donors (Lipinski definition) is 1. The first kappa shape index (κ1) is 21.3. The van der Waals surface area contributed by atoms with E-state index in [4.69, 9.17) is 21.6 Å². The summed E-state index contributed by atoms with van der Waals surface area (Å²) in [5.74, 6) is -4.78. The van der Waals surface area contributed by atoms with Gasteiger partial charge >= 0.3 is 12.1 Å². The van der Waals surface area contributed by atoms with E-state index in [2.05, 4.69) is 0 Å². The quantitative estimate of drug-likeness (QED) is 0.587. The summed E-state index contributed by atoms with van der Waals surface area (Å²) in [5.41, 5.74) is -3.23. The third-order valence-corrected chi connectivity index (χ3v) is 4.15. The second-order valence-electron chi connectivity index (χ2n) is 5.77. The Balaban J connectivity index is 2.72. The highest BCUT2D eigenvalue weighted by Gasteiger charge is 2.46. The van der Waals surface area contributed by atoms with Crippen LogP contribution in [0.3, 0.4) is 0 Å². The molecule has 1 unspecified atom stereocenters. The highest BCUT2D eigenvalue weighted by molar-refractivity contribution is 6.30. The first-order valence-corrected chi connectivity index (χ1v) is 8.25. The molecule has 6 nitrogen and oxygen atoms in total. The number of carbonyl (C=O) groups is 2. The van der Waals surface area contributed by atoms with Crippen LogP contribution in [0.25, 0.3) is 0 Å². The van der Waals surface area contributed by atoms with Crippen LogP contribution in [0, 0.1) is 11.3 Å². The molecule has 0 fully saturated rings. The lowest BCUT2D eigenvalue weighted by Crippen LogP contribution is -2.41. The molecular weight excluding hydrogens is 401 g/mol. The summed E-state index contributed by atoms with van der Waals surface area (Å²) in [6.07, 6.45) is -5.24. The number of carboxylic acid groups (broad SMARTS) is 1. The molecule has 10 heteroatoms. The Morgan fingerprint density at radius 3 is 2.57 bits per heavy atom. The molecule has 0 saturated carbocycles. The number of nitrogens with one attached hydrogen (secondary N) is 1. The van der Waals surface area contributed by atoms with Gasteiger partial charge in [-0.25, -0.2) is 4.79 Å². The Morgan fingerprint density at radius 1 is 1.36 bits per heavy atom. The number of halogens is 4. The van der Waals surface area contributed by atoms with E-state index in [0.29, 0.717) is 0 Å². The fraction of sp³-hybridized carbons (Fsp3) is 0.278. The van der Waals surface area contributed by atoms with Crippen LogP contribution in [-0.2, 0) is 14.3 Å². The maximum Gasteiger partial charge on any atom is 0.431 e. The number of esters is 1. The minimum Gasteiger partial charge on any atom is -0.545 e. The fourth-order valence-electron chi connectivity index (χ4n) is 2.83. The molecule has 0 aromatic heterocycles. The Hall–Kier alpha value is -2.99. The number of rotatable bonds is 5. The van der Waals surface area contributed by atoms with Crippen molar-refractivity contribution in [2.24, 2.45) is 0 Å². The van der Waals surface area contributed by atoms with Crippen molar-refractivity contribution in [2.75, 3.05) is 6.61 Å². The number of dihydropyridines is 1. The van der Waals surface area contributed by atoms with E-state index in [-0.39, 0.29) is 22.7 Å². The Labute approximate surface area is 162 Å². The third-order valence-electron chi connectivity index (χ3n) is 3.92. The predicted octanol–water partition coefficient (Wildman–Crippen LogP) is 2.32. The van der Waals surface area contributed by atoms with Crippen LogP contribution in [0.1, 0.15) is 24.8 Å². The fourth-order valence-corrected chi connectivity index (χ4v) is 3.03. The van der Waals surface area contributed by atoms with Gasteiger partial charge in [0.15, 0.2) is 0 Å². The highest BCUT2D eigenvalue weighted by atomic mass is 35.5. The van der Waals surface area contributed by atoms with E-state index >= 15 is 0 Å². The molecule has 0 bridgehead atoms. The summed E-state index contributed by atoms with van der Waals surface area (Å²) < 4.78 is 45.6. The van der Waals surface area contributed by atoms with Gasteiger partial charge in [-0.1, -0.05) is 23.7 Å². The van der Waals surface area contributed by atoms with Gasteiger partial charge in [0.1, 0.15) is 12.3 Å². The lowest BCUT2D eigenvalue weighted by atomic mass is 9.80. The molecule has 0 amide bonds. The van der Waals surface area contributed by atoms with Crippen molar-refractivity contribution in [2.45, 2.75) is 25.4 Å². The first-order valence-electron chi connectivity index (χ1n) is 7.88.